The van der Waals surface area contributed by atoms with Gasteiger partial charge in [0, 0.05) is 12.2 Å². The van der Waals surface area contributed by atoms with Gasteiger partial charge in [-0.05, 0) is 26.0 Å². The average Bonchev–Trinajstić information content (AvgIpc) is 2.67. The fraction of sp³-hybridized carbons (Fsp3) is 0.417. The predicted octanol–water partition coefficient (Wildman–Crippen LogP) is 1.61. The number of fused-ring (bicyclic) bond motifs is 1. The van der Waals surface area contributed by atoms with Crippen molar-refractivity contribution >= 4 is 28.7 Å². The highest BCUT2D eigenvalue weighted by molar-refractivity contribution is 6.16. The lowest BCUT2D eigenvalue weighted by Gasteiger charge is -2.07. The number of imidazole rings is 1. The number of likely N-dealkylation sites (N-methyl/N-ethyl adjacent to an activating group) is 1. The van der Waals surface area contributed by atoms with Crippen molar-refractivity contribution in [3.8, 4) is 0 Å². The number of rotatable bonds is 4. The van der Waals surface area contributed by atoms with Crippen LogP contribution in [0.1, 0.15) is 18.4 Å². The maximum Gasteiger partial charge on any atom is 0.240 e. The summed E-state index contributed by atoms with van der Waals surface area (Å²) in [6.07, 6.45) is 0. The van der Waals surface area contributed by atoms with Gasteiger partial charge in [-0.3, -0.25) is 4.79 Å². The molecule has 0 radical (unpaired) electrons. The van der Waals surface area contributed by atoms with Crippen molar-refractivity contribution < 1.29 is 4.79 Å². The van der Waals surface area contributed by atoms with E-state index < -0.39 is 0 Å². The summed E-state index contributed by atoms with van der Waals surface area (Å²) in [6, 6.07) is 3.78. The first-order chi connectivity index (χ1) is 8.65. The zero-order chi connectivity index (χ0) is 13.1. The Morgan fingerprint density at radius 2 is 2.22 bits per heavy atom. The number of amides is 1. The molecule has 0 saturated carbocycles. The lowest BCUT2D eigenvalue weighted by atomic mass is 10.3. The number of pyridine rings is 1. The second-order valence-corrected chi connectivity index (χ2v) is 4.26. The van der Waals surface area contributed by atoms with Crippen molar-refractivity contribution in [2.24, 2.45) is 0 Å². The zero-order valence-corrected chi connectivity index (χ0v) is 11.2. The van der Waals surface area contributed by atoms with Crippen LogP contribution >= 0.6 is 11.6 Å². The SMILES string of the molecule is CCNC(=O)Cn1c(CCl)nc2ccc(C)nc21. The molecular formula is C12H15ClN4O. The molecule has 2 rings (SSSR count). The molecule has 2 aromatic heterocycles. The van der Waals surface area contributed by atoms with Gasteiger partial charge in [0.2, 0.25) is 5.91 Å². The Morgan fingerprint density at radius 1 is 1.44 bits per heavy atom. The Balaban J connectivity index is 2.45. The molecule has 2 aromatic rings. The summed E-state index contributed by atoms with van der Waals surface area (Å²) in [5.74, 6) is 0.858. The molecule has 0 bridgehead atoms. The van der Waals surface area contributed by atoms with Gasteiger partial charge in [0.15, 0.2) is 5.65 Å². The van der Waals surface area contributed by atoms with Crippen LogP contribution in [0.25, 0.3) is 11.2 Å². The van der Waals surface area contributed by atoms with Gasteiger partial charge in [-0.2, -0.15) is 0 Å². The molecule has 0 unspecified atom stereocenters. The minimum atomic E-state index is -0.0635. The number of carbonyl (C=O) groups excluding carboxylic acids is 1. The van der Waals surface area contributed by atoms with Crippen molar-refractivity contribution in [3.63, 3.8) is 0 Å². The number of carbonyl (C=O) groups is 1. The van der Waals surface area contributed by atoms with Crippen LogP contribution in [0.15, 0.2) is 12.1 Å². The molecule has 0 fully saturated rings. The van der Waals surface area contributed by atoms with Crippen molar-refractivity contribution in [2.75, 3.05) is 6.54 Å². The first-order valence-corrected chi connectivity index (χ1v) is 6.34. The number of hydrogen-bond acceptors (Lipinski definition) is 3. The molecule has 0 spiro atoms. The topological polar surface area (TPSA) is 59.8 Å². The molecule has 1 N–H and O–H groups in total. The molecule has 2 heterocycles. The Morgan fingerprint density at radius 3 is 2.89 bits per heavy atom. The Labute approximate surface area is 110 Å². The molecule has 0 saturated heterocycles. The van der Waals surface area contributed by atoms with Crippen LogP contribution < -0.4 is 5.32 Å². The molecule has 0 aliphatic rings. The highest BCUT2D eigenvalue weighted by atomic mass is 35.5. The van der Waals surface area contributed by atoms with Gasteiger partial charge in [-0.1, -0.05) is 0 Å². The van der Waals surface area contributed by atoms with E-state index in [1.807, 2.05) is 26.0 Å². The minimum Gasteiger partial charge on any atom is -0.355 e. The third-order valence-electron chi connectivity index (χ3n) is 2.61. The molecule has 6 heteroatoms. The summed E-state index contributed by atoms with van der Waals surface area (Å²) < 4.78 is 1.76. The number of alkyl halides is 1. The third kappa shape index (κ3) is 2.46. The minimum absolute atomic E-state index is 0.0635. The quantitative estimate of drug-likeness (QED) is 0.856. The van der Waals surface area contributed by atoms with E-state index in [-0.39, 0.29) is 18.3 Å². The third-order valence-corrected chi connectivity index (χ3v) is 2.84. The molecule has 1 amide bonds. The van der Waals surface area contributed by atoms with Crippen LogP contribution in [0.5, 0.6) is 0 Å². The normalized spacial score (nSPS) is 10.8. The van der Waals surface area contributed by atoms with Crippen LogP contribution in [0.4, 0.5) is 0 Å². The summed E-state index contributed by atoms with van der Waals surface area (Å²) in [7, 11) is 0. The maximum atomic E-state index is 11.7. The van der Waals surface area contributed by atoms with E-state index in [2.05, 4.69) is 15.3 Å². The van der Waals surface area contributed by atoms with Crippen LogP contribution in [0.3, 0.4) is 0 Å². The van der Waals surface area contributed by atoms with Crippen LogP contribution in [-0.4, -0.2) is 27.0 Å². The summed E-state index contributed by atoms with van der Waals surface area (Å²) in [5.41, 5.74) is 2.36. The lowest BCUT2D eigenvalue weighted by molar-refractivity contribution is -0.121. The molecule has 96 valence electrons. The molecule has 5 nitrogen and oxygen atoms in total. The lowest BCUT2D eigenvalue weighted by Crippen LogP contribution is -2.27. The molecular weight excluding hydrogens is 252 g/mol. The van der Waals surface area contributed by atoms with E-state index >= 15 is 0 Å². The fourth-order valence-corrected chi connectivity index (χ4v) is 2.01. The standard InChI is InChI=1S/C12H15ClN4O/c1-3-14-11(18)7-17-10(6-13)16-9-5-4-8(2)15-12(9)17/h4-5H,3,6-7H2,1-2H3,(H,14,18). The highest BCUT2D eigenvalue weighted by Crippen LogP contribution is 2.16. The first kappa shape index (κ1) is 12.8. The summed E-state index contributed by atoms with van der Waals surface area (Å²) in [6.45, 7) is 4.59. The van der Waals surface area contributed by atoms with Crippen LogP contribution in [0, 0.1) is 6.92 Å². The zero-order valence-electron chi connectivity index (χ0n) is 10.4. The van der Waals surface area contributed by atoms with Gasteiger partial charge in [0.05, 0.1) is 5.88 Å². The van der Waals surface area contributed by atoms with Crippen molar-refractivity contribution in [1.82, 2.24) is 19.9 Å². The highest BCUT2D eigenvalue weighted by Gasteiger charge is 2.13. The smallest absolute Gasteiger partial charge is 0.240 e. The Hall–Kier alpha value is -1.62. The number of hydrogen-bond donors (Lipinski definition) is 1. The monoisotopic (exact) mass is 266 g/mol. The number of halogens is 1. The second kappa shape index (κ2) is 5.35. The molecule has 18 heavy (non-hydrogen) atoms. The number of aryl methyl sites for hydroxylation is 1. The van der Waals surface area contributed by atoms with Gasteiger partial charge in [0.25, 0.3) is 0 Å². The van der Waals surface area contributed by atoms with E-state index in [0.29, 0.717) is 18.0 Å². The molecule has 0 aliphatic heterocycles. The Bertz CT molecular complexity index is 579. The van der Waals surface area contributed by atoms with E-state index in [9.17, 15) is 4.79 Å². The Kier molecular flexibility index (Phi) is 3.81. The summed E-state index contributed by atoms with van der Waals surface area (Å²) in [5, 5.41) is 2.76. The van der Waals surface area contributed by atoms with Gasteiger partial charge in [0.1, 0.15) is 17.9 Å². The van der Waals surface area contributed by atoms with E-state index in [4.69, 9.17) is 11.6 Å². The largest absolute Gasteiger partial charge is 0.355 e. The van der Waals surface area contributed by atoms with Gasteiger partial charge < -0.3 is 9.88 Å². The first-order valence-electron chi connectivity index (χ1n) is 5.81. The van der Waals surface area contributed by atoms with Crippen LogP contribution in [0.2, 0.25) is 0 Å². The molecule has 0 atom stereocenters. The van der Waals surface area contributed by atoms with E-state index in [1.165, 1.54) is 0 Å². The summed E-state index contributed by atoms with van der Waals surface area (Å²) >= 11 is 5.86. The van der Waals surface area contributed by atoms with E-state index in [0.717, 1.165) is 11.2 Å². The molecule has 0 aromatic carbocycles. The van der Waals surface area contributed by atoms with E-state index in [1.54, 1.807) is 4.57 Å². The number of nitrogens with one attached hydrogen (secondary N) is 1. The number of nitrogens with zero attached hydrogens (tertiary/aromatic N) is 3. The second-order valence-electron chi connectivity index (χ2n) is 4.00. The molecule has 0 aliphatic carbocycles. The number of aromatic nitrogens is 3. The van der Waals surface area contributed by atoms with Crippen molar-refractivity contribution in [3.05, 3.63) is 23.7 Å². The predicted molar refractivity (Wildman–Crippen MR) is 70.5 cm³/mol. The fourth-order valence-electron chi connectivity index (χ4n) is 1.81. The van der Waals surface area contributed by atoms with Crippen molar-refractivity contribution in [1.29, 1.82) is 0 Å². The van der Waals surface area contributed by atoms with Gasteiger partial charge in [-0.15, -0.1) is 11.6 Å². The average molecular weight is 267 g/mol. The van der Waals surface area contributed by atoms with Crippen LogP contribution in [-0.2, 0) is 17.2 Å². The van der Waals surface area contributed by atoms with Crippen molar-refractivity contribution in [2.45, 2.75) is 26.3 Å². The van der Waals surface area contributed by atoms with Gasteiger partial charge in [-0.25, -0.2) is 9.97 Å². The summed E-state index contributed by atoms with van der Waals surface area (Å²) in [4.78, 5) is 20.5. The maximum absolute atomic E-state index is 11.7. The van der Waals surface area contributed by atoms with Gasteiger partial charge >= 0.3 is 0 Å².